The van der Waals surface area contributed by atoms with Crippen LogP contribution in [0, 0.1) is 25.4 Å². The highest BCUT2D eigenvalue weighted by molar-refractivity contribution is 14.1. The fourth-order valence-corrected chi connectivity index (χ4v) is 5.72. The van der Waals surface area contributed by atoms with Crippen molar-refractivity contribution in [3.05, 3.63) is 124 Å². The van der Waals surface area contributed by atoms with Crippen LogP contribution in [-0.4, -0.2) is 23.6 Å². The van der Waals surface area contributed by atoms with Gasteiger partial charge in [0.25, 0.3) is 23.6 Å². The topological polar surface area (TPSA) is 123 Å². The third-order valence-corrected chi connectivity index (χ3v) is 8.88. The van der Waals surface area contributed by atoms with E-state index >= 15 is 0 Å². The standard InChI is InChI=1S/C17H10IN3O2.C15H11IN2O2S/c18-13-5-7-14(8-6-13)21-17(23)15(16(22)20-21)9-11-1-3-12(10-19)4-2-11;1-9-6-7-21-13(9)8-12-14(19)17-18(15(12)20)11-4-2-10(16)3-5-11/h1-9H,(H,20,22);2-8H,1H3,(H,17,19). The largest absolute Gasteiger partial charge is 0.282 e. The molecular weight excluding hydrogens is 804 g/mol. The molecule has 2 aliphatic heterocycles. The van der Waals surface area contributed by atoms with E-state index in [-0.39, 0.29) is 23.0 Å². The van der Waals surface area contributed by atoms with Crippen LogP contribution >= 0.6 is 56.5 Å². The quantitative estimate of drug-likeness (QED) is 0.154. The number of aryl methyl sites for hydroxylation is 1. The molecule has 218 valence electrons. The van der Waals surface area contributed by atoms with Crippen LogP contribution in [0.3, 0.4) is 0 Å². The van der Waals surface area contributed by atoms with Gasteiger partial charge < -0.3 is 0 Å². The Morgan fingerprint density at radius 1 is 0.705 bits per heavy atom. The molecule has 0 saturated carbocycles. The predicted octanol–water partition coefficient (Wildman–Crippen LogP) is 5.75. The maximum atomic E-state index is 12.4. The van der Waals surface area contributed by atoms with E-state index in [0.29, 0.717) is 22.5 Å². The summed E-state index contributed by atoms with van der Waals surface area (Å²) in [6, 6.07) is 25.3. The molecule has 0 aliphatic carbocycles. The molecule has 0 unspecified atom stereocenters. The lowest BCUT2D eigenvalue weighted by Crippen LogP contribution is -2.35. The summed E-state index contributed by atoms with van der Waals surface area (Å²) in [5.41, 5.74) is 8.91. The second-order valence-electron chi connectivity index (χ2n) is 9.43. The van der Waals surface area contributed by atoms with Crippen molar-refractivity contribution >= 4 is 104 Å². The molecule has 0 atom stereocenters. The summed E-state index contributed by atoms with van der Waals surface area (Å²) in [6.45, 7) is 1.96. The zero-order valence-electron chi connectivity index (χ0n) is 22.9. The third kappa shape index (κ3) is 6.90. The Balaban J connectivity index is 0.000000175. The maximum absolute atomic E-state index is 12.4. The fraction of sp³-hybridized carbons (Fsp3) is 0.0312. The molecule has 2 fully saturated rings. The highest BCUT2D eigenvalue weighted by Gasteiger charge is 2.35. The van der Waals surface area contributed by atoms with Crippen molar-refractivity contribution in [1.82, 2.24) is 10.9 Å². The number of benzene rings is 3. The Bertz CT molecular complexity index is 1880. The molecule has 3 heterocycles. The number of rotatable bonds is 4. The van der Waals surface area contributed by atoms with Crippen LogP contribution < -0.4 is 20.9 Å². The fourth-order valence-electron chi connectivity index (χ4n) is 4.14. The Labute approximate surface area is 284 Å². The van der Waals surface area contributed by atoms with Crippen LogP contribution in [-0.2, 0) is 19.2 Å². The van der Waals surface area contributed by atoms with Crippen LogP contribution in [0.5, 0.6) is 0 Å². The minimum Gasteiger partial charge on any atom is -0.267 e. The number of hydrogen-bond acceptors (Lipinski definition) is 6. The van der Waals surface area contributed by atoms with E-state index in [1.54, 1.807) is 54.6 Å². The molecule has 2 N–H and O–H groups in total. The molecule has 9 nitrogen and oxygen atoms in total. The van der Waals surface area contributed by atoms with Crippen LogP contribution in [0.4, 0.5) is 11.4 Å². The van der Waals surface area contributed by atoms with Gasteiger partial charge >= 0.3 is 0 Å². The molecule has 0 bridgehead atoms. The highest BCUT2D eigenvalue weighted by atomic mass is 127. The number of carbonyl (C=O) groups is 4. The monoisotopic (exact) mass is 825 g/mol. The number of anilines is 2. The molecule has 1 aromatic heterocycles. The van der Waals surface area contributed by atoms with Crippen LogP contribution in [0.1, 0.15) is 21.6 Å². The van der Waals surface area contributed by atoms with Gasteiger partial charge in [-0.05, 0) is 147 Å². The lowest BCUT2D eigenvalue weighted by Gasteiger charge is -2.14. The number of hydrazine groups is 2. The molecule has 12 heteroatoms. The highest BCUT2D eigenvalue weighted by Crippen LogP contribution is 2.25. The molecule has 2 saturated heterocycles. The van der Waals surface area contributed by atoms with Gasteiger partial charge in [-0.2, -0.15) is 5.26 Å². The normalized spacial score (nSPS) is 16.1. The average molecular weight is 825 g/mol. The van der Waals surface area contributed by atoms with Crippen molar-refractivity contribution in [1.29, 1.82) is 5.26 Å². The summed E-state index contributed by atoms with van der Waals surface area (Å²) in [6.07, 6.45) is 3.18. The first kappa shape index (κ1) is 31.1. The average Bonchev–Trinajstić information content (AvgIpc) is 3.65. The van der Waals surface area contributed by atoms with E-state index in [4.69, 9.17) is 5.26 Å². The second kappa shape index (κ2) is 13.5. The summed E-state index contributed by atoms with van der Waals surface area (Å²) < 4.78 is 2.11. The molecule has 0 radical (unpaired) electrons. The van der Waals surface area contributed by atoms with Gasteiger partial charge in [0.05, 0.1) is 23.0 Å². The van der Waals surface area contributed by atoms with Crippen molar-refractivity contribution in [3.8, 4) is 6.07 Å². The maximum Gasteiger partial charge on any atom is 0.282 e. The van der Waals surface area contributed by atoms with Gasteiger partial charge in [-0.3, -0.25) is 30.0 Å². The zero-order chi connectivity index (χ0) is 31.4. The van der Waals surface area contributed by atoms with E-state index in [1.165, 1.54) is 27.4 Å². The van der Waals surface area contributed by atoms with Crippen molar-refractivity contribution < 1.29 is 19.2 Å². The number of thiophene rings is 1. The van der Waals surface area contributed by atoms with Gasteiger partial charge in [-0.25, -0.2) is 10.0 Å². The molecular formula is C32H21I2N5O4S. The lowest BCUT2D eigenvalue weighted by atomic mass is 10.1. The molecule has 4 aromatic rings. The first-order valence-electron chi connectivity index (χ1n) is 12.9. The summed E-state index contributed by atoms with van der Waals surface area (Å²) in [7, 11) is 0. The number of nitrogens with zero attached hydrogens (tertiary/aromatic N) is 3. The molecule has 6 rings (SSSR count). The van der Waals surface area contributed by atoms with Gasteiger partial charge in [-0.15, -0.1) is 11.3 Å². The number of nitriles is 1. The van der Waals surface area contributed by atoms with Crippen molar-refractivity contribution in [2.45, 2.75) is 6.92 Å². The number of amides is 4. The molecule has 0 spiro atoms. The van der Waals surface area contributed by atoms with E-state index in [0.717, 1.165) is 17.6 Å². The number of nitrogens with one attached hydrogen (secondary N) is 2. The smallest absolute Gasteiger partial charge is 0.267 e. The Morgan fingerprint density at radius 2 is 1.18 bits per heavy atom. The minimum atomic E-state index is -0.446. The Hall–Kier alpha value is -4.33. The van der Waals surface area contributed by atoms with Crippen molar-refractivity contribution in [2.24, 2.45) is 0 Å². The summed E-state index contributed by atoms with van der Waals surface area (Å²) in [4.78, 5) is 49.9. The minimum absolute atomic E-state index is 0.0632. The number of halogens is 2. The van der Waals surface area contributed by atoms with E-state index < -0.39 is 11.8 Å². The third-order valence-electron chi connectivity index (χ3n) is 6.48. The first-order chi connectivity index (χ1) is 21.1. The van der Waals surface area contributed by atoms with E-state index in [9.17, 15) is 19.2 Å². The van der Waals surface area contributed by atoms with Gasteiger partial charge in [-0.1, -0.05) is 12.1 Å². The lowest BCUT2D eigenvalue weighted by molar-refractivity contribution is -0.118. The molecule has 4 amide bonds. The molecule has 44 heavy (non-hydrogen) atoms. The van der Waals surface area contributed by atoms with Crippen LogP contribution in [0.2, 0.25) is 0 Å². The van der Waals surface area contributed by atoms with Crippen molar-refractivity contribution in [3.63, 3.8) is 0 Å². The number of hydrogen-bond donors (Lipinski definition) is 2. The van der Waals surface area contributed by atoms with Gasteiger partial charge in [0.1, 0.15) is 11.1 Å². The van der Waals surface area contributed by atoms with Crippen LogP contribution in [0.25, 0.3) is 12.2 Å². The first-order valence-corrected chi connectivity index (χ1v) is 16.0. The summed E-state index contributed by atoms with van der Waals surface area (Å²) in [5.74, 6) is -1.54. The summed E-state index contributed by atoms with van der Waals surface area (Å²) in [5, 5.41) is 13.2. The SMILES string of the molecule is Cc1ccsc1C=C1C(=O)NN(c2ccc(I)cc2)C1=O.N#Cc1ccc(C=C2C(=O)NN(c3ccc(I)cc3)C2=O)cc1. The zero-order valence-corrected chi connectivity index (χ0v) is 28.0. The van der Waals surface area contributed by atoms with E-state index in [2.05, 4.69) is 56.0 Å². The summed E-state index contributed by atoms with van der Waals surface area (Å²) >= 11 is 5.87. The second-order valence-corrected chi connectivity index (χ2v) is 12.9. The van der Waals surface area contributed by atoms with Gasteiger partial charge in [0.15, 0.2) is 0 Å². The van der Waals surface area contributed by atoms with Crippen LogP contribution in [0.15, 0.2) is 95.4 Å². The van der Waals surface area contributed by atoms with Crippen molar-refractivity contribution in [2.75, 3.05) is 10.0 Å². The Kier molecular flexibility index (Phi) is 9.57. The van der Waals surface area contributed by atoms with E-state index in [1.807, 2.05) is 48.7 Å². The molecule has 2 aliphatic rings. The molecule has 3 aromatic carbocycles. The van der Waals surface area contributed by atoms with Gasteiger partial charge in [0.2, 0.25) is 0 Å². The number of carbonyl (C=O) groups excluding carboxylic acids is 4. The predicted molar refractivity (Wildman–Crippen MR) is 186 cm³/mol. The van der Waals surface area contributed by atoms with Gasteiger partial charge in [0, 0.05) is 12.0 Å². The Morgan fingerprint density at radius 3 is 1.61 bits per heavy atom.